The van der Waals surface area contributed by atoms with Crippen molar-refractivity contribution < 1.29 is 38.1 Å². The number of methoxy groups -OCH3 is 1. The number of ether oxygens (including phenoxy) is 5. The molecule has 9 heteroatoms. The van der Waals surface area contributed by atoms with Gasteiger partial charge in [-0.1, -0.05) is 30.3 Å². The summed E-state index contributed by atoms with van der Waals surface area (Å²) in [6.45, 7) is 9.68. The van der Waals surface area contributed by atoms with Gasteiger partial charge in [0.25, 0.3) is 0 Å². The lowest BCUT2D eigenvalue weighted by atomic mass is 10.1. The quantitative estimate of drug-likeness (QED) is 0.323. The van der Waals surface area contributed by atoms with Gasteiger partial charge in [0.05, 0.1) is 32.4 Å². The topological polar surface area (TPSA) is 101 Å². The summed E-state index contributed by atoms with van der Waals surface area (Å²) in [5.41, 5.74) is 1.21. The minimum Gasteiger partial charge on any atom is -0.490 e. The van der Waals surface area contributed by atoms with Gasteiger partial charge in [-0.25, -0.2) is 9.59 Å². The Hall–Kier alpha value is -3.59. The van der Waals surface area contributed by atoms with Crippen LogP contribution in [0.5, 0.6) is 11.5 Å². The van der Waals surface area contributed by atoms with Crippen LogP contribution in [-0.4, -0.2) is 67.4 Å². The van der Waals surface area contributed by atoms with Crippen LogP contribution in [-0.2, 0) is 25.6 Å². The van der Waals surface area contributed by atoms with Gasteiger partial charge in [0, 0.05) is 0 Å². The SMILES string of the molecule is COC(=O)c1c(OC[C@H]2C[C@H](OCc3ccccc3)CN2C(=O)OC(C)(C)C)cc(C)cc1O[C@H](C)C=O. The maximum atomic E-state index is 13.1. The van der Waals surface area contributed by atoms with E-state index in [4.69, 9.17) is 23.7 Å². The zero-order chi connectivity index (χ0) is 27.9. The number of carbonyl (C=O) groups excluding carboxylic acids is 3. The molecule has 0 saturated carbocycles. The van der Waals surface area contributed by atoms with Crippen LogP contribution in [0.15, 0.2) is 42.5 Å². The lowest BCUT2D eigenvalue weighted by molar-refractivity contribution is -0.113. The van der Waals surface area contributed by atoms with E-state index in [2.05, 4.69) is 0 Å². The van der Waals surface area contributed by atoms with Gasteiger partial charge in [0.2, 0.25) is 0 Å². The molecule has 1 amide bonds. The minimum absolute atomic E-state index is 0.0745. The van der Waals surface area contributed by atoms with Gasteiger partial charge in [-0.2, -0.15) is 0 Å². The number of hydrogen-bond donors (Lipinski definition) is 0. The third kappa shape index (κ3) is 7.95. The highest BCUT2D eigenvalue weighted by molar-refractivity contribution is 5.96. The fourth-order valence-corrected chi connectivity index (χ4v) is 4.13. The highest BCUT2D eigenvalue weighted by Crippen LogP contribution is 2.33. The number of hydrogen-bond acceptors (Lipinski definition) is 8. The van der Waals surface area contributed by atoms with Gasteiger partial charge in [-0.3, -0.25) is 9.69 Å². The third-order valence-corrected chi connectivity index (χ3v) is 5.87. The summed E-state index contributed by atoms with van der Waals surface area (Å²) in [4.78, 5) is 38.5. The number of amides is 1. The van der Waals surface area contributed by atoms with Crippen LogP contribution in [0.4, 0.5) is 4.79 Å². The Kier molecular flexibility index (Phi) is 9.74. The number of carbonyl (C=O) groups is 3. The van der Waals surface area contributed by atoms with E-state index in [9.17, 15) is 14.4 Å². The molecule has 9 nitrogen and oxygen atoms in total. The average Bonchev–Trinajstić information content (AvgIpc) is 3.28. The summed E-state index contributed by atoms with van der Waals surface area (Å²) in [5, 5.41) is 0. The predicted molar refractivity (Wildman–Crippen MR) is 141 cm³/mol. The largest absolute Gasteiger partial charge is 0.490 e. The Bertz CT molecular complexity index is 1110. The number of nitrogens with zero attached hydrogens (tertiary/aromatic N) is 1. The number of aryl methyl sites for hydroxylation is 1. The van der Waals surface area contributed by atoms with Gasteiger partial charge in [0.15, 0.2) is 12.4 Å². The van der Waals surface area contributed by atoms with Gasteiger partial charge >= 0.3 is 12.1 Å². The highest BCUT2D eigenvalue weighted by Gasteiger charge is 2.39. The monoisotopic (exact) mass is 527 g/mol. The van der Waals surface area contributed by atoms with E-state index in [0.717, 1.165) is 11.1 Å². The Balaban J connectivity index is 1.81. The van der Waals surface area contributed by atoms with Crippen LogP contribution < -0.4 is 9.47 Å². The summed E-state index contributed by atoms with van der Waals surface area (Å²) in [7, 11) is 1.26. The zero-order valence-corrected chi connectivity index (χ0v) is 22.9. The molecule has 0 aliphatic carbocycles. The Morgan fingerprint density at radius 1 is 1.13 bits per heavy atom. The summed E-state index contributed by atoms with van der Waals surface area (Å²) in [5.74, 6) is -0.235. The molecule has 38 heavy (non-hydrogen) atoms. The lowest BCUT2D eigenvalue weighted by Gasteiger charge is -2.28. The van der Waals surface area contributed by atoms with Crippen molar-refractivity contribution >= 4 is 18.3 Å². The van der Waals surface area contributed by atoms with Crippen molar-refractivity contribution in [2.75, 3.05) is 20.3 Å². The molecule has 0 spiro atoms. The molecule has 206 valence electrons. The summed E-state index contributed by atoms with van der Waals surface area (Å²) >= 11 is 0. The molecule has 1 heterocycles. The molecule has 2 aromatic carbocycles. The van der Waals surface area contributed by atoms with Crippen molar-refractivity contribution in [1.82, 2.24) is 4.90 Å². The van der Waals surface area contributed by atoms with E-state index in [1.165, 1.54) is 7.11 Å². The Morgan fingerprint density at radius 3 is 2.45 bits per heavy atom. The molecular weight excluding hydrogens is 490 g/mol. The van der Waals surface area contributed by atoms with Crippen LogP contribution in [0.3, 0.4) is 0 Å². The standard InChI is InChI=1S/C29H37NO8/c1-19-12-24(26(27(32)34-6)25(13-19)37-20(2)16-31)36-18-22-14-23(35-17-21-10-8-7-9-11-21)15-30(22)28(33)38-29(3,4)5/h7-13,16,20,22-23H,14-15,17-18H2,1-6H3/t20-,22-,23+/m1/s1. The van der Waals surface area contributed by atoms with E-state index < -0.39 is 23.8 Å². The molecule has 1 aliphatic rings. The second-order valence-corrected chi connectivity index (χ2v) is 10.3. The van der Waals surface area contributed by atoms with Crippen LogP contribution in [0.2, 0.25) is 0 Å². The van der Waals surface area contributed by atoms with Crippen molar-refractivity contribution in [1.29, 1.82) is 0 Å². The fraction of sp³-hybridized carbons (Fsp3) is 0.483. The van der Waals surface area contributed by atoms with Gasteiger partial charge < -0.3 is 23.7 Å². The molecule has 0 bridgehead atoms. The van der Waals surface area contributed by atoms with E-state index in [1.54, 1.807) is 24.0 Å². The normalized spacial score (nSPS) is 18.0. The van der Waals surface area contributed by atoms with Crippen LogP contribution in [0.25, 0.3) is 0 Å². The first-order chi connectivity index (χ1) is 18.0. The van der Waals surface area contributed by atoms with E-state index in [0.29, 0.717) is 25.9 Å². The van der Waals surface area contributed by atoms with Crippen molar-refractivity contribution in [2.45, 2.75) is 71.5 Å². The summed E-state index contributed by atoms with van der Waals surface area (Å²) < 4.78 is 28.5. The van der Waals surface area contributed by atoms with E-state index in [1.807, 2.05) is 58.0 Å². The minimum atomic E-state index is -0.770. The molecule has 0 unspecified atom stereocenters. The molecule has 1 aliphatic heterocycles. The average molecular weight is 528 g/mol. The predicted octanol–water partition coefficient (Wildman–Crippen LogP) is 4.72. The number of esters is 1. The lowest BCUT2D eigenvalue weighted by Crippen LogP contribution is -2.42. The van der Waals surface area contributed by atoms with Crippen LogP contribution >= 0.6 is 0 Å². The van der Waals surface area contributed by atoms with Crippen molar-refractivity contribution in [3.05, 3.63) is 59.2 Å². The Labute approximate surface area is 223 Å². The molecule has 0 radical (unpaired) electrons. The third-order valence-electron chi connectivity index (χ3n) is 5.87. The number of rotatable bonds is 10. The molecule has 1 fully saturated rings. The smallest absolute Gasteiger partial charge is 0.410 e. The van der Waals surface area contributed by atoms with E-state index >= 15 is 0 Å². The van der Waals surface area contributed by atoms with Crippen LogP contribution in [0.1, 0.15) is 55.6 Å². The van der Waals surface area contributed by atoms with Gasteiger partial charge in [0.1, 0.15) is 29.3 Å². The second kappa shape index (κ2) is 12.8. The number of benzene rings is 2. The maximum Gasteiger partial charge on any atom is 0.410 e. The highest BCUT2D eigenvalue weighted by atomic mass is 16.6. The first-order valence-corrected chi connectivity index (χ1v) is 12.6. The zero-order valence-electron chi connectivity index (χ0n) is 22.9. The fourth-order valence-electron chi connectivity index (χ4n) is 4.13. The van der Waals surface area contributed by atoms with Gasteiger partial charge in [-0.05, 0) is 64.3 Å². The van der Waals surface area contributed by atoms with Crippen molar-refractivity contribution in [3.63, 3.8) is 0 Å². The number of aldehydes is 1. The Morgan fingerprint density at radius 2 is 1.82 bits per heavy atom. The number of likely N-dealkylation sites (tertiary alicyclic amines) is 1. The molecule has 0 N–H and O–H groups in total. The van der Waals surface area contributed by atoms with Crippen molar-refractivity contribution in [2.24, 2.45) is 0 Å². The molecule has 0 aromatic heterocycles. The van der Waals surface area contributed by atoms with Gasteiger partial charge in [-0.15, -0.1) is 0 Å². The molecule has 2 aromatic rings. The summed E-state index contributed by atoms with van der Waals surface area (Å²) in [6.07, 6.45) is -0.291. The first kappa shape index (κ1) is 29.0. The van der Waals surface area contributed by atoms with Crippen molar-refractivity contribution in [3.8, 4) is 11.5 Å². The molecule has 3 atom stereocenters. The molecular formula is C29H37NO8. The summed E-state index contributed by atoms with van der Waals surface area (Å²) in [6, 6.07) is 12.8. The second-order valence-electron chi connectivity index (χ2n) is 10.3. The first-order valence-electron chi connectivity index (χ1n) is 12.6. The van der Waals surface area contributed by atoms with E-state index in [-0.39, 0.29) is 35.8 Å². The maximum absolute atomic E-state index is 13.1. The molecule has 3 rings (SSSR count). The molecule has 1 saturated heterocycles. The van der Waals surface area contributed by atoms with Crippen LogP contribution in [0, 0.1) is 6.92 Å².